The van der Waals surface area contributed by atoms with Crippen molar-refractivity contribution in [3.8, 4) is 17.2 Å². The number of carbonyl (C=O) groups excluding carboxylic acids is 2. The van der Waals surface area contributed by atoms with Crippen LogP contribution in [0, 0.1) is 0 Å². The number of nitrogens with zero attached hydrogens (tertiary/aromatic N) is 4. The third kappa shape index (κ3) is 5.93. The molecule has 11 nitrogen and oxygen atoms in total. The van der Waals surface area contributed by atoms with E-state index < -0.39 is 6.03 Å². The maximum Gasteiger partial charge on any atom is 0.332 e. The molecule has 4 aromatic rings. The molecule has 0 spiro atoms. The van der Waals surface area contributed by atoms with Gasteiger partial charge in [0.05, 0.1) is 31.0 Å². The Bertz CT molecular complexity index is 1670. The van der Waals surface area contributed by atoms with Crippen LogP contribution in [0.5, 0.6) is 17.2 Å². The highest BCUT2D eigenvalue weighted by molar-refractivity contribution is 14.1. The Labute approximate surface area is 266 Å². The first-order chi connectivity index (χ1) is 21.0. The van der Waals surface area contributed by atoms with E-state index in [0.29, 0.717) is 61.8 Å². The number of carbonyl (C=O) groups is 2. The van der Waals surface area contributed by atoms with Crippen molar-refractivity contribution in [2.45, 2.75) is 23.7 Å². The molecule has 6 rings (SSSR count). The SMILES string of the molecule is COc1cc(NC(=O)c2sc3ncnc4c3c2NC(=O)N4c2cc(CI)ccc2OC)ccc1OCCN1CCCCC1. The van der Waals surface area contributed by atoms with Crippen molar-refractivity contribution < 1.29 is 23.8 Å². The molecule has 0 radical (unpaired) electrons. The Balaban J connectivity index is 1.25. The number of piperidine rings is 1. The van der Waals surface area contributed by atoms with E-state index in [4.69, 9.17) is 14.2 Å². The van der Waals surface area contributed by atoms with Gasteiger partial charge < -0.3 is 24.8 Å². The first kappa shape index (κ1) is 29.4. The van der Waals surface area contributed by atoms with Crippen molar-refractivity contribution in [2.75, 3.05) is 56.0 Å². The van der Waals surface area contributed by atoms with Crippen molar-refractivity contribution in [1.29, 1.82) is 0 Å². The van der Waals surface area contributed by atoms with E-state index in [1.165, 1.54) is 41.8 Å². The summed E-state index contributed by atoms with van der Waals surface area (Å²) in [6.45, 7) is 3.63. The Morgan fingerprint density at radius 2 is 1.84 bits per heavy atom. The lowest BCUT2D eigenvalue weighted by atomic mass is 10.1. The number of likely N-dealkylation sites (tertiary alicyclic amines) is 1. The summed E-state index contributed by atoms with van der Waals surface area (Å²) in [4.78, 5) is 40.7. The zero-order chi connectivity index (χ0) is 29.9. The lowest BCUT2D eigenvalue weighted by Gasteiger charge is -2.28. The van der Waals surface area contributed by atoms with Crippen LogP contribution in [0.4, 0.5) is 27.7 Å². The summed E-state index contributed by atoms with van der Waals surface area (Å²) >= 11 is 3.46. The lowest BCUT2D eigenvalue weighted by Crippen LogP contribution is -2.35. The lowest BCUT2D eigenvalue weighted by molar-refractivity contribution is 0.103. The Morgan fingerprint density at radius 1 is 1.05 bits per heavy atom. The fraction of sp³-hybridized carbons (Fsp3) is 0.333. The fourth-order valence-electron chi connectivity index (χ4n) is 5.36. The number of alkyl halides is 1. The number of halogens is 1. The van der Waals surface area contributed by atoms with Crippen LogP contribution in [0.15, 0.2) is 42.7 Å². The zero-order valence-corrected chi connectivity index (χ0v) is 26.8. The second-order valence-corrected chi connectivity index (χ2v) is 11.9. The van der Waals surface area contributed by atoms with E-state index >= 15 is 0 Å². The van der Waals surface area contributed by atoms with E-state index in [-0.39, 0.29) is 5.91 Å². The normalized spacial score (nSPS) is 14.9. The quantitative estimate of drug-likeness (QED) is 0.142. The molecule has 2 aromatic carbocycles. The highest BCUT2D eigenvalue weighted by Crippen LogP contribution is 2.46. The fourth-order valence-corrected chi connectivity index (χ4v) is 6.82. The molecule has 1 fully saturated rings. The van der Waals surface area contributed by atoms with Crippen LogP contribution in [0.3, 0.4) is 0 Å². The summed E-state index contributed by atoms with van der Waals surface area (Å²) in [5.74, 6) is 1.66. The molecular formula is C30H31IN6O5S. The molecule has 2 aliphatic heterocycles. The average molecular weight is 715 g/mol. The number of amides is 3. The van der Waals surface area contributed by atoms with Gasteiger partial charge in [0.1, 0.15) is 28.4 Å². The number of aromatic nitrogens is 2. The molecule has 2 aromatic heterocycles. The standard InChI is InChI=1S/C30H31IN6O5S/c1-40-21-8-6-18(16-31)14-20(21)37-27-24-25(35-30(37)39)26(43-29(24)33-17-32-27)28(38)34-19-7-9-22(23(15-19)41-2)42-13-12-36-10-4-3-5-11-36/h6-9,14-15,17H,3-5,10-13,16H2,1-2H3,(H,34,38)(H,35,39). The molecule has 3 amide bonds. The minimum absolute atomic E-state index is 0.318. The molecule has 2 N–H and O–H groups in total. The number of rotatable bonds is 10. The minimum Gasteiger partial charge on any atom is -0.495 e. The van der Waals surface area contributed by atoms with Crippen molar-refractivity contribution in [2.24, 2.45) is 0 Å². The third-order valence-corrected chi connectivity index (χ3v) is 9.47. The molecule has 2 aliphatic rings. The van der Waals surface area contributed by atoms with Gasteiger partial charge in [0.2, 0.25) is 0 Å². The molecule has 13 heteroatoms. The average Bonchev–Trinajstić information content (AvgIpc) is 3.41. The molecule has 0 saturated carbocycles. The van der Waals surface area contributed by atoms with Gasteiger partial charge in [0.15, 0.2) is 17.3 Å². The van der Waals surface area contributed by atoms with Gasteiger partial charge in [-0.25, -0.2) is 19.7 Å². The Hall–Kier alpha value is -3.69. The predicted octanol–water partition coefficient (Wildman–Crippen LogP) is 6.44. The first-order valence-corrected chi connectivity index (χ1v) is 16.3. The number of thiophene rings is 1. The Kier molecular flexibility index (Phi) is 8.81. The van der Waals surface area contributed by atoms with Gasteiger partial charge in [0, 0.05) is 22.7 Å². The number of ether oxygens (including phenoxy) is 3. The number of hydrogen-bond donors (Lipinski definition) is 2. The second-order valence-electron chi connectivity index (χ2n) is 10.2. The maximum atomic E-state index is 13.6. The first-order valence-electron chi connectivity index (χ1n) is 14.0. The van der Waals surface area contributed by atoms with Crippen molar-refractivity contribution in [3.05, 3.63) is 53.2 Å². The number of nitrogens with one attached hydrogen (secondary N) is 2. The molecule has 0 aliphatic carbocycles. The van der Waals surface area contributed by atoms with E-state index in [1.807, 2.05) is 18.2 Å². The smallest absolute Gasteiger partial charge is 0.332 e. The maximum absolute atomic E-state index is 13.6. The summed E-state index contributed by atoms with van der Waals surface area (Å²) in [5.41, 5.74) is 2.50. The third-order valence-electron chi connectivity index (χ3n) is 7.50. The molecule has 0 bridgehead atoms. The summed E-state index contributed by atoms with van der Waals surface area (Å²) in [6.07, 6.45) is 5.16. The van der Waals surface area contributed by atoms with Gasteiger partial charge in [-0.1, -0.05) is 35.1 Å². The van der Waals surface area contributed by atoms with Crippen molar-refractivity contribution in [3.63, 3.8) is 0 Å². The number of urea groups is 1. The van der Waals surface area contributed by atoms with Gasteiger partial charge in [-0.3, -0.25) is 9.69 Å². The van der Waals surface area contributed by atoms with Gasteiger partial charge >= 0.3 is 6.03 Å². The molecule has 1 saturated heterocycles. The molecular weight excluding hydrogens is 683 g/mol. The number of benzene rings is 2. The van der Waals surface area contributed by atoms with Crippen LogP contribution >= 0.6 is 33.9 Å². The number of hydrogen-bond acceptors (Lipinski definition) is 9. The van der Waals surface area contributed by atoms with Crippen LogP contribution in [-0.2, 0) is 4.43 Å². The number of anilines is 4. The van der Waals surface area contributed by atoms with Crippen LogP contribution in [0.1, 0.15) is 34.5 Å². The predicted molar refractivity (Wildman–Crippen MR) is 176 cm³/mol. The van der Waals surface area contributed by atoms with Gasteiger partial charge in [-0.15, -0.1) is 11.3 Å². The van der Waals surface area contributed by atoms with Crippen LogP contribution in [-0.4, -0.2) is 67.3 Å². The molecule has 0 unspecified atom stereocenters. The highest BCUT2D eigenvalue weighted by atomic mass is 127. The molecule has 43 heavy (non-hydrogen) atoms. The zero-order valence-electron chi connectivity index (χ0n) is 23.8. The van der Waals surface area contributed by atoms with E-state index in [0.717, 1.165) is 29.6 Å². The van der Waals surface area contributed by atoms with Gasteiger partial charge in [0.25, 0.3) is 5.91 Å². The van der Waals surface area contributed by atoms with Gasteiger partial charge in [-0.05, 0) is 55.8 Å². The van der Waals surface area contributed by atoms with E-state index in [9.17, 15) is 9.59 Å². The van der Waals surface area contributed by atoms with Crippen molar-refractivity contribution in [1.82, 2.24) is 14.9 Å². The molecule has 224 valence electrons. The van der Waals surface area contributed by atoms with E-state index in [2.05, 4.69) is 48.1 Å². The highest BCUT2D eigenvalue weighted by Gasteiger charge is 2.35. The number of methoxy groups -OCH3 is 2. The summed E-state index contributed by atoms with van der Waals surface area (Å²) in [5, 5.41) is 6.43. The van der Waals surface area contributed by atoms with Crippen LogP contribution in [0.25, 0.3) is 10.2 Å². The van der Waals surface area contributed by atoms with Crippen LogP contribution in [0.2, 0.25) is 0 Å². The molecule has 0 atom stereocenters. The Morgan fingerprint density at radius 3 is 2.60 bits per heavy atom. The summed E-state index contributed by atoms with van der Waals surface area (Å²) < 4.78 is 17.9. The van der Waals surface area contributed by atoms with Gasteiger partial charge in [-0.2, -0.15) is 0 Å². The van der Waals surface area contributed by atoms with E-state index in [1.54, 1.807) is 32.4 Å². The van der Waals surface area contributed by atoms with Crippen molar-refractivity contribution >= 4 is 79.0 Å². The minimum atomic E-state index is -0.448. The second kappa shape index (κ2) is 12.9. The largest absolute Gasteiger partial charge is 0.495 e. The summed E-state index contributed by atoms with van der Waals surface area (Å²) in [7, 11) is 3.13. The molecule has 4 heterocycles. The monoisotopic (exact) mass is 714 g/mol. The summed E-state index contributed by atoms with van der Waals surface area (Å²) in [6, 6.07) is 10.5. The topological polar surface area (TPSA) is 118 Å². The van der Waals surface area contributed by atoms with Crippen LogP contribution < -0.4 is 29.7 Å².